The zero-order chi connectivity index (χ0) is 15.9. The van der Waals surface area contributed by atoms with Crippen LogP contribution in [-0.2, 0) is 4.79 Å². The average molecular weight is 305 g/mol. The zero-order valence-electron chi connectivity index (χ0n) is 13.2. The first kappa shape index (κ1) is 16.2. The van der Waals surface area contributed by atoms with E-state index in [-0.39, 0.29) is 11.8 Å². The second-order valence-electron chi connectivity index (χ2n) is 5.38. The predicted octanol–water partition coefficient (Wildman–Crippen LogP) is 0.993. The first-order valence-electron chi connectivity index (χ1n) is 7.74. The van der Waals surface area contributed by atoms with Gasteiger partial charge >= 0.3 is 0 Å². The van der Waals surface area contributed by atoms with E-state index in [0.29, 0.717) is 37.7 Å². The van der Waals surface area contributed by atoms with E-state index < -0.39 is 0 Å². The second kappa shape index (κ2) is 7.72. The van der Waals surface area contributed by atoms with Gasteiger partial charge in [-0.2, -0.15) is 0 Å². The van der Waals surface area contributed by atoms with E-state index >= 15 is 0 Å². The van der Waals surface area contributed by atoms with Gasteiger partial charge in [0.2, 0.25) is 5.91 Å². The fourth-order valence-electron chi connectivity index (χ4n) is 2.32. The Morgan fingerprint density at radius 2 is 1.82 bits per heavy atom. The zero-order valence-corrected chi connectivity index (χ0v) is 13.2. The van der Waals surface area contributed by atoms with Crippen molar-refractivity contribution in [3.05, 3.63) is 17.8 Å². The molecule has 0 radical (unpaired) electrons. The predicted molar refractivity (Wildman–Crippen MR) is 83.6 cm³/mol. The van der Waals surface area contributed by atoms with E-state index in [1.807, 2.05) is 0 Å². The summed E-state index contributed by atoms with van der Waals surface area (Å²) in [6, 6.07) is 3.47. The summed E-state index contributed by atoms with van der Waals surface area (Å²) in [6.07, 6.45) is 2.19. The number of piperazine rings is 1. The molecule has 0 bridgehead atoms. The summed E-state index contributed by atoms with van der Waals surface area (Å²) in [6.45, 7) is 6.75. The minimum Gasteiger partial charge on any atom is -0.369 e. The number of hydrogen-bond donors (Lipinski definition) is 1. The topological polar surface area (TPSA) is 78.4 Å². The molecule has 1 saturated heterocycles. The van der Waals surface area contributed by atoms with Crippen molar-refractivity contribution in [3.63, 3.8) is 0 Å². The summed E-state index contributed by atoms with van der Waals surface area (Å²) < 4.78 is 0. The summed E-state index contributed by atoms with van der Waals surface area (Å²) in [7, 11) is 0. The minimum atomic E-state index is -0.129. The Morgan fingerprint density at radius 1 is 1.14 bits per heavy atom. The molecule has 1 fully saturated rings. The Labute approximate surface area is 130 Å². The van der Waals surface area contributed by atoms with E-state index in [1.165, 1.54) is 0 Å². The van der Waals surface area contributed by atoms with E-state index in [1.54, 1.807) is 28.9 Å². The Hall–Kier alpha value is -2.18. The van der Waals surface area contributed by atoms with Gasteiger partial charge in [-0.05, 0) is 18.6 Å². The summed E-state index contributed by atoms with van der Waals surface area (Å²) >= 11 is 0. The normalized spacial score (nSPS) is 14.8. The van der Waals surface area contributed by atoms with Crippen molar-refractivity contribution >= 4 is 17.6 Å². The van der Waals surface area contributed by atoms with Gasteiger partial charge in [0.1, 0.15) is 5.82 Å². The smallest absolute Gasteiger partial charge is 0.274 e. The van der Waals surface area contributed by atoms with Gasteiger partial charge < -0.3 is 15.1 Å². The molecule has 0 spiro atoms. The third-order valence-electron chi connectivity index (χ3n) is 3.73. The monoisotopic (exact) mass is 305 g/mol. The maximum atomic E-state index is 12.3. The lowest BCUT2D eigenvalue weighted by molar-refractivity contribution is -0.130. The third-order valence-corrected chi connectivity index (χ3v) is 3.73. The van der Waals surface area contributed by atoms with Crippen LogP contribution >= 0.6 is 0 Å². The lowest BCUT2D eigenvalue weighted by atomic mass is 10.2. The number of aromatic nitrogens is 2. The lowest BCUT2D eigenvalue weighted by Crippen LogP contribution is -2.50. The Bertz CT molecular complexity index is 509. The number of unbranched alkanes of at least 4 members (excludes halogenated alkanes) is 1. The molecule has 1 N–H and O–H groups in total. The van der Waals surface area contributed by atoms with Crippen LogP contribution in [-0.4, -0.2) is 64.5 Å². The molecule has 2 amide bonds. The van der Waals surface area contributed by atoms with Crippen LogP contribution in [0.2, 0.25) is 0 Å². The summed E-state index contributed by atoms with van der Waals surface area (Å²) in [5.74, 6) is 0.608. The number of carbonyl (C=O) groups excluding carboxylic acids is 2. The number of hydrogen-bond acceptors (Lipinski definition) is 5. The molecule has 0 aromatic carbocycles. The van der Waals surface area contributed by atoms with Crippen molar-refractivity contribution in [2.24, 2.45) is 0 Å². The van der Waals surface area contributed by atoms with Gasteiger partial charge in [-0.15, -0.1) is 10.2 Å². The summed E-state index contributed by atoms with van der Waals surface area (Å²) in [5.41, 5.74) is 0.345. The number of anilines is 1. The molecule has 22 heavy (non-hydrogen) atoms. The van der Waals surface area contributed by atoms with Crippen LogP contribution in [0.4, 0.5) is 5.82 Å². The highest BCUT2D eigenvalue weighted by Gasteiger charge is 2.24. The molecule has 120 valence electrons. The molecule has 0 aliphatic carbocycles. The molecule has 7 nitrogen and oxygen atoms in total. The van der Waals surface area contributed by atoms with Crippen molar-refractivity contribution in [3.8, 4) is 0 Å². The lowest BCUT2D eigenvalue weighted by Gasteiger charge is -2.33. The van der Waals surface area contributed by atoms with E-state index in [2.05, 4.69) is 22.4 Å². The molecule has 0 atom stereocenters. The Morgan fingerprint density at radius 3 is 2.36 bits per heavy atom. The van der Waals surface area contributed by atoms with Gasteiger partial charge in [0.25, 0.3) is 5.91 Å². The van der Waals surface area contributed by atoms with Crippen molar-refractivity contribution in [1.29, 1.82) is 0 Å². The maximum absolute atomic E-state index is 12.3. The number of nitrogens with zero attached hydrogens (tertiary/aromatic N) is 4. The molecule has 2 heterocycles. The van der Waals surface area contributed by atoms with Crippen molar-refractivity contribution in [1.82, 2.24) is 20.0 Å². The van der Waals surface area contributed by atoms with Gasteiger partial charge in [-0.1, -0.05) is 13.3 Å². The highest BCUT2D eigenvalue weighted by Crippen LogP contribution is 2.09. The highest BCUT2D eigenvalue weighted by atomic mass is 16.2. The standard InChI is InChI=1S/C15H23N5O2/c1-3-4-7-16-14-6-5-13(17-18-14)15(22)20-10-8-19(9-11-20)12(2)21/h5-6H,3-4,7-11H2,1-2H3,(H,16,18). The van der Waals surface area contributed by atoms with Crippen molar-refractivity contribution in [2.75, 3.05) is 38.0 Å². The van der Waals surface area contributed by atoms with Gasteiger partial charge in [-0.25, -0.2) is 0 Å². The average Bonchev–Trinajstić information content (AvgIpc) is 2.55. The minimum absolute atomic E-state index is 0.0504. The van der Waals surface area contributed by atoms with Crippen LogP contribution in [0.15, 0.2) is 12.1 Å². The van der Waals surface area contributed by atoms with Crippen molar-refractivity contribution in [2.45, 2.75) is 26.7 Å². The number of carbonyl (C=O) groups is 2. The van der Waals surface area contributed by atoms with E-state index in [9.17, 15) is 9.59 Å². The molecule has 0 saturated carbocycles. The number of rotatable bonds is 5. The first-order valence-corrected chi connectivity index (χ1v) is 7.74. The molecule has 2 rings (SSSR count). The van der Waals surface area contributed by atoms with Crippen LogP contribution < -0.4 is 5.32 Å². The largest absolute Gasteiger partial charge is 0.369 e. The van der Waals surface area contributed by atoms with Crippen LogP contribution in [0.1, 0.15) is 37.2 Å². The fraction of sp³-hybridized carbons (Fsp3) is 0.600. The van der Waals surface area contributed by atoms with E-state index in [4.69, 9.17) is 0 Å². The summed E-state index contributed by atoms with van der Waals surface area (Å²) in [5, 5.41) is 11.2. The van der Waals surface area contributed by atoms with Crippen molar-refractivity contribution < 1.29 is 9.59 Å². The molecule has 1 aromatic heterocycles. The van der Waals surface area contributed by atoms with Crippen LogP contribution in [0.25, 0.3) is 0 Å². The first-order chi connectivity index (χ1) is 10.6. The quantitative estimate of drug-likeness (QED) is 0.821. The van der Waals surface area contributed by atoms with E-state index in [0.717, 1.165) is 19.4 Å². The molecule has 0 unspecified atom stereocenters. The molecule has 1 aromatic rings. The molecular formula is C15H23N5O2. The van der Waals surface area contributed by atoms with Crippen LogP contribution in [0.3, 0.4) is 0 Å². The van der Waals surface area contributed by atoms with Crippen LogP contribution in [0, 0.1) is 0 Å². The van der Waals surface area contributed by atoms with Gasteiger partial charge in [0.15, 0.2) is 5.69 Å². The molecule has 1 aliphatic heterocycles. The fourth-order valence-corrected chi connectivity index (χ4v) is 2.32. The molecule has 7 heteroatoms. The van der Waals surface area contributed by atoms with Gasteiger partial charge in [0, 0.05) is 39.6 Å². The third kappa shape index (κ3) is 4.16. The Balaban J connectivity index is 1.89. The highest BCUT2D eigenvalue weighted by molar-refractivity contribution is 5.92. The molecular weight excluding hydrogens is 282 g/mol. The number of nitrogens with one attached hydrogen (secondary N) is 1. The second-order valence-corrected chi connectivity index (χ2v) is 5.38. The van der Waals surface area contributed by atoms with Gasteiger partial charge in [0.05, 0.1) is 0 Å². The summed E-state index contributed by atoms with van der Waals surface area (Å²) in [4.78, 5) is 27.1. The Kier molecular flexibility index (Phi) is 5.68. The van der Waals surface area contributed by atoms with Gasteiger partial charge in [-0.3, -0.25) is 9.59 Å². The molecule has 1 aliphatic rings. The van der Waals surface area contributed by atoms with Crippen LogP contribution in [0.5, 0.6) is 0 Å². The SMILES string of the molecule is CCCCNc1ccc(C(=O)N2CCN(C(C)=O)CC2)nn1. The maximum Gasteiger partial charge on any atom is 0.274 e. The number of amides is 2.